The molecule has 2 aliphatic heterocycles. The van der Waals surface area contributed by atoms with E-state index in [1.165, 1.54) is 0 Å². The molecule has 0 spiro atoms. The molecule has 4 rings (SSSR count). The van der Waals surface area contributed by atoms with Gasteiger partial charge in [-0.25, -0.2) is 14.8 Å². The molecule has 1 aromatic heterocycles. The van der Waals surface area contributed by atoms with Crippen LogP contribution < -0.4 is 10.2 Å². The summed E-state index contributed by atoms with van der Waals surface area (Å²) in [4.78, 5) is 24.4. The normalized spacial score (nSPS) is 20.3. The molecule has 196 valence electrons. The maximum atomic E-state index is 12.9. The van der Waals surface area contributed by atoms with E-state index in [0.29, 0.717) is 44.6 Å². The number of morpholine rings is 1. The van der Waals surface area contributed by atoms with E-state index in [1.807, 2.05) is 45.9 Å². The number of nitrogens with one attached hydrogen (secondary N) is 1. The Labute approximate surface area is 212 Å². The number of benzene rings is 1. The van der Waals surface area contributed by atoms with Crippen molar-refractivity contribution >= 4 is 35.0 Å². The molecule has 2 aromatic rings. The Morgan fingerprint density at radius 1 is 1.22 bits per heavy atom. The maximum Gasteiger partial charge on any atom is 0.420 e. The topological polar surface area (TPSA) is 79.8 Å². The zero-order chi connectivity index (χ0) is 26.3. The van der Waals surface area contributed by atoms with Crippen molar-refractivity contribution in [2.45, 2.75) is 58.0 Å². The first-order valence-electron chi connectivity index (χ1n) is 11.7. The molecule has 2 aliphatic rings. The summed E-state index contributed by atoms with van der Waals surface area (Å²) in [5.41, 5.74) is 0.921. The van der Waals surface area contributed by atoms with Crippen molar-refractivity contribution in [2.24, 2.45) is 0 Å². The molecule has 8 nitrogen and oxygen atoms in total. The fourth-order valence-corrected chi connectivity index (χ4v) is 4.65. The van der Waals surface area contributed by atoms with Crippen LogP contribution in [0.2, 0.25) is 5.15 Å². The SMILES string of the molecule is CCc1cc(N2CC3COCC(C2)N3C(=O)OC(C)(C)C)ccc1Nc1ncc(C(F)(F)F)c(Cl)n1. The Morgan fingerprint density at radius 3 is 2.44 bits per heavy atom. The minimum absolute atomic E-state index is 0.0203. The second-order valence-electron chi connectivity index (χ2n) is 9.85. The van der Waals surface area contributed by atoms with Gasteiger partial charge in [-0.05, 0) is 51.0 Å². The van der Waals surface area contributed by atoms with Crippen molar-refractivity contribution < 1.29 is 27.4 Å². The van der Waals surface area contributed by atoms with Gasteiger partial charge in [0.1, 0.15) is 16.3 Å². The van der Waals surface area contributed by atoms with Gasteiger partial charge in [-0.2, -0.15) is 13.2 Å². The summed E-state index contributed by atoms with van der Waals surface area (Å²) in [6, 6.07) is 5.51. The summed E-state index contributed by atoms with van der Waals surface area (Å²) in [5.74, 6) is -0.0203. The summed E-state index contributed by atoms with van der Waals surface area (Å²) in [6.07, 6.45) is -3.62. The van der Waals surface area contributed by atoms with E-state index in [1.54, 1.807) is 4.90 Å². The number of ether oxygens (including phenoxy) is 2. The van der Waals surface area contributed by atoms with E-state index in [4.69, 9.17) is 21.1 Å². The third-order valence-electron chi connectivity index (χ3n) is 6.00. The lowest BCUT2D eigenvalue weighted by molar-refractivity contribution is -0.137. The quantitative estimate of drug-likeness (QED) is 0.542. The highest BCUT2D eigenvalue weighted by Gasteiger charge is 2.43. The second-order valence-corrected chi connectivity index (χ2v) is 10.2. The highest BCUT2D eigenvalue weighted by Crippen LogP contribution is 2.35. The summed E-state index contributed by atoms with van der Waals surface area (Å²) in [6.45, 7) is 9.55. The van der Waals surface area contributed by atoms with Gasteiger partial charge in [0.2, 0.25) is 5.95 Å². The molecule has 1 amide bonds. The van der Waals surface area contributed by atoms with Gasteiger partial charge in [-0.1, -0.05) is 18.5 Å². The monoisotopic (exact) mass is 527 g/mol. The number of hydrogen-bond donors (Lipinski definition) is 1. The van der Waals surface area contributed by atoms with Gasteiger partial charge in [-0.15, -0.1) is 0 Å². The average molecular weight is 528 g/mol. The first kappa shape index (κ1) is 26.3. The summed E-state index contributed by atoms with van der Waals surface area (Å²) in [7, 11) is 0. The molecule has 36 heavy (non-hydrogen) atoms. The fourth-order valence-electron chi connectivity index (χ4n) is 4.41. The number of fused-ring (bicyclic) bond motifs is 2. The van der Waals surface area contributed by atoms with Crippen LogP contribution in [0, 0.1) is 0 Å². The largest absolute Gasteiger partial charge is 0.444 e. The molecule has 2 fully saturated rings. The van der Waals surface area contributed by atoms with E-state index < -0.39 is 22.5 Å². The molecule has 0 saturated carbocycles. The molecule has 3 heterocycles. The predicted molar refractivity (Wildman–Crippen MR) is 130 cm³/mol. The maximum absolute atomic E-state index is 12.9. The Balaban J connectivity index is 1.51. The van der Waals surface area contributed by atoms with E-state index in [9.17, 15) is 18.0 Å². The Bertz CT molecular complexity index is 1110. The van der Waals surface area contributed by atoms with E-state index in [2.05, 4.69) is 20.2 Å². The van der Waals surface area contributed by atoms with Gasteiger partial charge in [0, 0.05) is 30.7 Å². The fraction of sp³-hybridized carbons (Fsp3) is 0.542. The van der Waals surface area contributed by atoms with Gasteiger partial charge in [-0.3, -0.25) is 4.90 Å². The average Bonchev–Trinajstić information content (AvgIpc) is 2.76. The highest BCUT2D eigenvalue weighted by atomic mass is 35.5. The van der Waals surface area contributed by atoms with Crippen LogP contribution in [-0.4, -0.2) is 64.9 Å². The number of carbonyl (C=O) groups excluding carboxylic acids is 1. The van der Waals surface area contributed by atoms with Crippen molar-refractivity contribution in [1.82, 2.24) is 14.9 Å². The first-order chi connectivity index (χ1) is 16.9. The molecule has 1 N–H and O–H groups in total. The number of aryl methyl sites for hydroxylation is 1. The Morgan fingerprint density at radius 2 is 1.89 bits per heavy atom. The summed E-state index contributed by atoms with van der Waals surface area (Å²) < 4.78 is 50.2. The summed E-state index contributed by atoms with van der Waals surface area (Å²) >= 11 is 5.73. The van der Waals surface area contributed by atoms with Gasteiger partial charge >= 0.3 is 12.3 Å². The second kappa shape index (κ2) is 9.93. The molecule has 0 aliphatic carbocycles. The molecule has 2 saturated heterocycles. The van der Waals surface area contributed by atoms with Crippen LogP contribution >= 0.6 is 11.6 Å². The smallest absolute Gasteiger partial charge is 0.420 e. The molecule has 2 unspecified atom stereocenters. The minimum atomic E-state index is -4.62. The molecule has 0 radical (unpaired) electrons. The van der Waals surface area contributed by atoms with Crippen molar-refractivity contribution in [3.8, 4) is 0 Å². The molecule has 1 aromatic carbocycles. The van der Waals surface area contributed by atoms with Crippen molar-refractivity contribution in [2.75, 3.05) is 36.5 Å². The van der Waals surface area contributed by atoms with Crippen LogP contribution in [0.1, 0.15) is 38.8 Å². The van der Waals surface area contributed by atoms with Gasteiger partial charge in [0.15, 0.2) is 0 Å². The molecular formula is C24H29ClF3N5O3. The number of halogens is 4. The number of amides is 1. The van der Waals surface area contributed by atoms with Gasteiger partial charge < -0.3 is 19.7 Å². The van der Waals surface area contributed by atoms with Crippen LogP contribution in [0.15, 0.2) is 24.4 Å². The number of aromatic nitrogens is 2. The standard InChI is InChI=1S/C24H29ClF3N5O3/c1-5-14-8-15(6-7-19(14)30-21-29-9-18(20(25)31-21)24(26,27)28)32-10-16-12-35-13-17(11-32)33(16)22(34)36-23(2,3)4/h6-9,16-17H,5,10-13H2,1-4H3,(H,29,30,31). The molecule has 2 atom stereocenters. The van der Waals surface area contributed by atoms with Crippen LogP contribution in [0.25, 0.3) is 0 Å². The van der Waals surface area contributed by atoms with E-state index in [-0.39, 0.29) is 24.1 Å². The minimum Gasteiger partial charge on any atom is -0.444 e. The van der Waals surface area contributed by atoms with Gasteiger partial charge in [0.05, 0.1) is 25.3 Å². The lowest BCUT2D eigenvalue weighted by Gasteiger charge is -2.50. The molecular weight excluding hydrogens is 499 g/mol. The summed E-state index contributed by atoms with van der Waals surface area (Å²) in [5, 5.41) is 2.31. The van der Waals surface area contributed by atoms with Crippen LogP contribution in [0.4, 0.5) is 35.3 Å². The number of carbonyl (C=O) groups is 1. The lowest BCUT2D eigenvalue weighted by Crippen LogP contribution is -2.66. The Kier molecular flexibility index (Phi) is 7.25. The predicted octanol–water partition coefficient (Wildman–Crippen LogP) is 5.28. The van der Waals surface area contributed by atoms with Gasteiger partial charge in [0.25, 0.3) is 0 Å². The zero-order valence-electron chi connectivity index (χ0n) is 20.5. The third kappa shape index (κ3) is 5.78. The van der Waals surface area contributed by atoms with Crippen molar-refractivity contribution in [3.63, 3.8) is 0 Å². The zero-order valence-corrected chi connectivity index (χ0v) is 21.3. The van der Waals surface area contributed by atoms with E-state index >= 15 is 0 Å². The van der Waals surface area contributed by atoms with Crippen molar-refractivity contribution in [3.05, 3.63) is 40.7 Å². The number of piperazine rings is 1. The van der Waals surface area contributed by atoms with Crippen LogP contribution in [0.3, 0.4) is 0 Å². The number of rotatable bonds is 4. The van der Waals surface area contributed by atoms with Crippen LogP contribution in [-0.2, 0) is 22.1 Å². The highest BCUT2D eigenvalue weighted by molar-refractivity contribution is 6.30. The number of anilines is 3. The molecule has 2 bridgehead atoms. The lowest BCUT2D eigenvalue weighted by atomic mass is 10.0. The molecule has 12 heteroatoms. The first-order valence-corrected chi connectivity index (χ1v) is 12.1. The number of hydrogen-bond acceptors (Lipinski definition) is 7. The third-order valence-corrected chi connectivity index (χ3v) is 6.29. The van der Waals surface area contributed by atoms with E-state index in [0.717, 1.165) is 11.3 Å². The van der Waals surface area contributed by atoms with Crippen LogP contribution in [0.5, 0.6) is 0 Å². The van der Waals surface area contributed by atoms with Crippen molar-refractivity contribution in [1.29, 1.82) is 0 Å². The number of alkyl halides is 3. The Hall–Kier alpha value is -2.79. The number of nitrogens with zero attached hydrogens (tertiary/aromatic N) is 4.